The Kier molecular flexibility index (Phi) is 6.87. The number of thiocarbonyl (C=S) groups is 1. The van der Waals surface area contributed by atoms with E-state index in [0.29, 0.717) is 0 Å². The van der Waals surface area contributed by atoms with Crippen molar-refractivity contribution >= 4 is 54.1 Å². The molecule has 4 N–H and O–H groups in total. The number of phosphoric ester groups is 1. The highest BCUT2D eigenvalue weighted by Crippen LogP contribution is 2.39. The van der Waals surface area contributed by atoms with Crippen molar-refractivity contribution in [1.82, 2.24) is 10.3 Å². The van der Waals surface area contributed by atoms with Crippen LogP contribution in [0.25, 0.3) is 6.08 Å². The van der Waals surface area contributed by atoms with Crippen LogP contribution in [-0.4, -0.2) is 42.2 Å². The first-order valence-corrected chi connectivity index (χ1v) is 10.1. The molecule has 0 saturated carbocycles. The van der Waals surface area contributed by atoms with Gasteiger partial charge in [-0.15, -0.1) is 0 Å². The average Bonchev–Trinajstić information content (AvgIpc) is 2.86. The third-order valence-electron chi connectivity index (χ3n) is 3.18. The first-order chi connectivity index (χ1) is 12.5. The van der Waals surface area contributed by atoms with Gasteiger partial charge < -0.3 is 24.9 Å². The summed E-state index contributed by atoms with van der Waals surface area (Å²) in [7, 11) is -4.78. The third-order valence-corrected chi connectivity index (χ3v) is 4.81. The number of hydrogen-bond donors (Lipinski definition) is 4. The molecule has 0 spiro atoms. The Morgan fingerprint density at radius 2 is 2.19 bits per heavy atom. The van der Waals surface area contributed by atoms with E-state index < -0.39 is 32.4 Å². The highest BCUT2D eigenvalue weighted by molar-refractivity contribution is 8.26. The van der Waals surface area contributed by atoms with E-state index in [1.165, 1.54) is 26.1 Å². The van der Waals surface area contributed by atoms with Crippen LogP contribution in [0.2, 0.25) is 0 Å². The molecule has 0 aromatic carbocycles. The van der Waals surface area contributed by atoms with E-state index in [4.69, 9.17) is 26.7 Å². The fraction of sp³-hybridized carbons (Fsp3) is 0.286. The number of aromatic nitrogens is 1. The van der Waals surface area contributed by atoms with Gasteiger partial charge in [0, 0.05) is 17.3 Å². The van der Waals surface area contributed by atoms with E-state index in [1.807, 2.05) is 0 Å². The van der Waals surface area contributed by atoms with Gasteiger partial charge in [0.25, 0.3) is 5.91 Å². The summed E-state index contributed by atoms with van der Waals surface area (Å²) in [5.41, 5.74) is 0.546. The monoisotopic (exact) mass is 434 g/mol. The molecule has 1 fully saturated rings. The second-order valence-electron chi connectivity index (χ2n) is 5.32. The predicted octanol–water partition coefficient (Wildman–Crippen LogP) is 0.774. The number of amides is 1. The van der Waals surface area contributed by atoms with Gasteiger partial charge >= 0.3 is 13.8 Å². The zero-order valence-electron chi connectivity index (χ0n) is 14.0. The van der Waals surface area contributed by atoms with Gasteiger partial charge in [0.05, 0.1) is 17.2 Å². The average molecular weight is 434 g/mol. The molecule has 146 valence electrons. The van der Waals surface area contributed by atoms with Gasteiger partial charge in [0.1, 0.15) is 10.4 Å². The maximum absolute atomic E-state index is 11.9. The van der Waals surface area contributed by atoms with Crippen molar-refractivity contribution in [3.8, 4) is 5.75 Å². The lowest BCUT2D eigenvalue weighted by Gasteiger charge is -2.15. The van der Waals surface area contributed by atoms with Gasteiger partial charge in [-0.1, -0.05) is 24.0 Å². The Bertz CT molecular complexity index is 880. The number of carbonyl (C=O) groups is 2. The zero-order chi connectivity index (χ0) is 20.4. The maximum Gasteiger partial charge on any atom is 0.469 e. The number of aryl methyl sites for hydroxylation is 1. The van der Waals surface area contributed by atoms with Crippen molar-refractivity contribution in [3.05, 3.63) is 27.9 Å². The number of ether oxygens (including phenoxy) is 1. The summed E-state index contributed by atoms with van der Waals surface area (Å²) in [6.07, 6.45) is 1.20. The van der Waals surface area contributed by atoms with E-state index in [9.17, 15) is 19.3 Å². The summed E-state index contributed by atoms with van der Waals surface area (Å²) >= 11 is 5.88. The van der Waals surface area contributed by atoms with Gasteiger partial charge in [-0.25, -0.2) is 9.36 Å². The van der Waals surface area contributed by atoms with E-state index in [-0.39, 0.29) is 31.8 Å². The first kappa shape index (κ1) is 21.6. The molecule has 1 amide bonds. The number of rotatable bonds is 6. The van der Waals surface area contributed by atoms with Crippen molar-refractivity contribution in [2.45, 2.75) is 26.6 Å². The Morgan fingerprint density at radius 1 is 1.52 bits per heavy atom. The molecule has 1 aromatic heterocycles. The molecule has 0 bridgehead atoms. The number of phosphoric acid groups is 1. The number of carbonyl (C=O) groups excluding carboxylic acids is 2. The van der Waals surface area contributed by atoms with Gasteiger partial charge in [0.15, 0.2) is 5.75 Å². The van der Waals surface area contributed by atoms with Crippen molar-refractivity contribution in [3.63, 3.8) is 0 Å². The van der Waals surface area contributed by atoms with Crippen molar-refractivity contribution in [2.75, 3.05) is 0 Å². The molecule has 0 aliphatic carbocycles. The molecule has 1 atom stereocenters. The number of pyridine rings is 1. The van der Waals surface area contributed by atoms with Crippen LogP contribution >= 0.6 is 31.8 Å². The Labute approximate surface area is 163 Å². The number of aliphatic hydroxyl groups excluding tert-OH is 1. The third kappa shape index (κ3) is 5.91. The Hall–Kier alpha value is -1.66. The topological polar surface area (TPSA) is 155 Å². The summed E-state index contributed by atoms with van der Waals surface area (Å²) in [6, 6.07) is 0. The Balaban J connectivity index is 2.55. The van der Waals surface area contributed by atoms with Crippen LogP contribution < -0.4 is 10.1 Å². The number of esters is 1. The minimum absolute atomic E-state index is 0.0774. The molecule has 27 heavy (non-hydrogen) atoms. The normalized spacial score (nSPS) is 17.1. The second-order valence-corrected chi connectivity index (χ2v) is 8.28. The highest BCUT2D eigenvalue weighted by Gasteiger charge is 2.26. The lowest BCUT2D eigenvalue weighted by Crippen LogP contribution is -2.23. The number of nitrogens with one attached hydrogen (secondary N) is 1. The highest BCUT2D eigenvalue weighted by atomic mass is 32.2. The quantitative estimate of drug-likeness (QED) is 0.217. The van der Waals surface area contributed by atoms with E-state index in [1.54, 1.807) is 0 Å². The summed E-state index contributed by atoms with van der Waals surface area (Å²) in [5.74, 6) is -1.52. The van der Waals surface area contributed by atoms with Gasteiger partial charge in [-0.05, 0) is 19.9 Å². The largest absolute Gasteiger partial charge is 0.469 e. The van der Waals surface area contributed by atoms with Crippen LogP contribution in [0.5, 0.6) is 5.75 Å². The first-order valence-electron chi connectivity index (χ1n) is 7.31. The van der Waals surface area contributed by atoms with Crippen LogP contribution in [0.15, 0.2) is 11.1 Å². The number of hydrogen-bond acceptors (Lipinski definition) is 9. The molecule has 1 aliphatic heterocycles. The predicted molar refractivity (Wildman–Crippen MR) is 99.4 cm³/mol. The zero-order valence-corrected chi connectivity index (χ0v) is 16.6. The van der Waals surface area contributed by atoms with E-state index >= 15 is 0 Å². The molecule has 13 heteroatoms. The minimum atomic E-state index is -4.78. The molecule has 1 aliphatic rings. The van der Waals surface area contributed by atoms with E-state index in [2.05, 4.69) is 14.8 Å². The Morgan fingerprint density at radius 3 is 2.70 bits per heavy atom. The summed E-state index contributed by atoms with van der Waals surface area (Å²) in [5, 5.41) is 11.8. The minimum Gasteiger partial charge on any atom is -0.422 e. The number of aliphatic hydroxyl groups is 1. The van der Waals surface area contributed by atoms with Crippen LogP contribution in [0, 0.1) is 6.92 Å². The molecular weight excluding hydrogens is 419 g/mol. The summed E-state index contributed by atoms with van der Waals surface area (Å²) in [4.78, 5) is 45.8. The molecule has 0 radical (unpaired) electrons. The molecule has 10 nitrogen and oxygen atoms in total. The van der Waals surface area contributed by atoms with Gasteiger partial charge in [-0.3, -0.25) is 14.3 Å². The van der Waals surface area contributed by atoms with Crippen LogP contribution in [0.4, 0.5) is 0 Å². The van der Waals surface area contributed by atoms with Crippen LogP contribution in [-0.2, 0) is 25.3 Å². The van der Waals surface area contributed by atoms with Crippen LogP contribution in [0.3, 0.4) is 0 Å². The lowest BCUT2D eigenvalue weighted by molar-refractivity contribution is -0.142. The summed E-state index contributed by atoms with van der Waals surface area (Å²) < 4.78 is 20.9. The number of thioether (sulfide) groups is 1. The molecule has 1 saturated heterocycles. The molecule has 1 unspecified atom stereocenters. The maximum atomic E-state index is 11.9. The fourth-order valence-electron chi connectivity index (χ4n) is 1.94. The van der Waals surface area contributed by atoms with Gasteiger partial charge in [-0.2, -0.15) is 0 Å². The lowest BCUT2D eigenvalue weighted by atomic mass is 10.1. The molecule has 2 heterocycles. The molecule has 1 aromatic rings. The molecule has 2 rings (SSSR count). The SMILES string of the molecule is Cc1ncc(COP(=O)(O)O)c(/C=C2\SC(=S)NC2=O)c1OC(=O)C(C)O. The summed E-state index contributed by atoms with van der Waals surface area (Å²) in [6.45, 7) is 2.17. The number of nitrogens with zero attached hydrogens (tertiary/aromatic N) is 1. The van der Waals surface area contributed by atoms with Crippen LogP contribution in [0.1, 0.15) is 23.7 Å². The van der Waals surface area contributed by atoms with Crippen molar-refractivity contribution < 1.29 is 38.3 Å². The molecular formula is C14H15N2O8PS2. The van der Waals surface area contributed by atoms with Gasteiger partial charge in [0.2, 0.25) is 0 Å². The standard InChI is InChI=1S/C14H15N2O8PS2/c1-6-11(24-13(19)7(2)17)9(3-10-12(18)16-14(26)27-10)8(4-15-6)5-23-25(20,21)22/h3-4,7,17H,5H2,1-2H3,(H,16,18,26)(H2,20,21,22)/b10-3-. The smallest absolute Gasteiger partial charge is 0.422 e. The van der Waals surface area contributed by atoms with Crippen molar-refractivity contribution in [2.24, 2.45) is 0 Å². The van der Waals surface area contributed by atoms with Crippen molar-refractivity contribution in [1.29, 1.82) is 0 Å². The fourth-order valence-corrected chi connectivity index (χ4v) is 3.27. The second kappa shape index (κ2) is 8.57. The van der Waals surface area contributed by atoms with E-state index in [0.717, 1.165) is 11.8 Å².